The Kier molecular flexibility index (Phi) is 7.56. The number of rotatable bonds is 4. The van der Waals surface area contributed by atoms with Crippen molar-refractivity contribution in [2.45, 2.75) is 69.7 Å². The fourth-order valence-electron chi connectivity index (χ4n) is 2.48. The van der Waals surface area contributed by atoms with Gasteiger partial charge in [0.1, 0.15) is 12.2 Å². The monoisotopic (exact) mass is 312 g/mol. The van der Waals surface area contributed by atoms with E-state index in [2.05, 4.69) is 5.92 Å². The maximum Gasteiger partial charge on any atom is 0.302 e. The first-order valence-corrected chi connectivity index (χ1v) is 7.38. The van der Waals surface area contributed by atoms with Crippen molar-refractivity contribution in [1.29, 1.82) is 0 Å². The van der Waals surface area contributed by atoms with E-state index < -0.39 is 42.6 Å². The second kappa shape index (κ2) is 8.91. The zero-order chi connectivity index (χ0) is 16.7. The van der Waals surface area contributed by atoms with Crippen LogP contribution in [0.4, 0.5) is 0 Å². The number of hydrogen-bond acceptors (Lipinski definition) is 6. The van der Waals surface area contributed by atoms with Crippen molar-refractivity contribution in [1.82, 2.24) is 0 Å². The Morgan fingerprint density at radius 1 is 1.36 bits per heavy atom. The van der Waals surface area contributed by atoms with Crippen molar-refractivity contribution < 1.29 is 29.6 Å². The van der Waals surface area contributed by atoms with E-state index >= 15 is 0 Å². The van der Waals surface area contributed by atoms with Gasteiger partial charge in [0, 0.05) is 19.8 Å². The van der Waals surface area contributed by atoms with Crippen molar-refractivity contribution in [3.8, 4) is 12.3 Å². The third-order valence-electron chi connectivity index (χ3n) is 3.63. The molecule has 0 spiro atoms. The molecular formula is C16H24O6. The van der Waals surface area contributed by atoms with Crippen molar-refractivity contribution in [2.24, 2.45) is 0 Å². The Morgan fingerprint density at radius 2 is 2.00 bits per heavy atom. The quantitative estimate of drug-likeness (QED) is 0.505. The van der Waals surface area contributed by atoms with Crippen LogP contribution in [0.1, 0.15) is 33.1 Å². The average molecular weight is 312 g/mol. The Labute approximate surface area is 130 Å². The van der Waals surface area contributed by atoms with Gasteiger partial charge in [-0.1, -0.05) is 12.8 Å². The lowest BCUT2D eigenvalue weighted by Gasteiger charge is -2.36. The highest BCUT2D eigenvalue weighted by molar-refractivity contribution is 5.66. The van der Waals surface area contributed by atoms with Gasteiger partial charge in [0.25, 0.3) is 0 Å². The minimum Gasteiger partial charge on any atom is -0.460 e. The Bertz CT molecular complexity index is 427. The van der Waals surface area contributed by atoms with E-state index in [4.69, 9.17) is 15.9 Å². The SMILES string of the molecule is C#C/C=C/C1OC(C(CC)OC(C)=O)CC(O)C(O)CC1O. The molecule has 1 saturated heterocycles. The minimum atomic E-state index is -1.09. The zero-order valence-corrected chi connectivity index (χ0v) is 12.9. The molecule has 6 nitrogen and oxygen atoms in total. The number of aliphatic hydroxyl groups is 3. The summed E-state index contributed by atoms with van der Waals surface area (Å²) in [6.45, 7) is 3.11. The summed E-state index contributed by atoms with van der Waals surface area (Å²) < 4.78 is 11.0. The lowest BCUT2D eigenvalue weighted by atomic mass is 9.93. The van der Waals surface area contributed by atoms with Crippen LogP contribution in [-0.4, -0.2) is 57.9 Å². The van der Waals surface area contributed by atoms with Crippen LogP contribution in [0.5, 0.6) is 0 Å². The topological polar surface area (TPSA) is 96.2 Å². The van der Waals surface area contributed by atoms with Gasteiger partial charge >= 0.3 is 5.97 Å². The first kappa shape index (κ1) is 18.7. The van der Waals surface area contributed by atoms with Gasteiger partial charge in [-0.05, 0) is 18.6 Å². The molecule has 0 aromatic heterocycles. The van der Waals surface area contributed by atoms with Gasteiger partial charge in [0.15, 0.2) is 0 Å². The Balaban J connectivity index is 2.97. The van der Waals surface area contributed by atoms with Gasteiger partial charge in [0.05, 0.1) is 24.4 Å². The minimum absolute atomic E-state index is 0.0299. The van der Waals surface area contributed by atoms with Crippen molar-refractivity contribution in [2.75, 3.05) is 0 Å². The molecule has 0 bridgehead atoms. The fraction of sp³-hybridized carbons (Fsp3) is 0.688. The summed E-state index contributed by atoms with van der Waals surface area (Å²) in [6, 6.07) is 0. The summed E-state index contributed by atoms with van der Waals surface area (Å²) in [4.78, 5) is 11.2. The van der Waals surface area contributed by atoms with Crippen LogP contribution in [-0.2, 0) is 14.3 Å². The Hall–Kier alpha value is -1.39. The highest BCUT2D eigenvalue weighted by Crippen LogP contribution is 2.25. The molecule has 0 aromatic carbocycles. The number of aliphatic hydroxyl groups excluding tert-OH is 3. The van der Waals surface area contributed by atoms with Crippen LogP contribution >= 0.6 is 0 Å². The first-order valence-electron chi connectivity index (χ1n) is 7.38. The van der Waals surface area contributed by atoms with Crippen molar-refractivity contribution in [3.05, 3.63) is 12.2 Å². The summed E-state index contributed by atoms with van der Waals surface area (Å²) >= 11 is 0. The fourth-order valence-corrected chi connectivity index (χ4v) is 2.48. The van der Waals surface area contributed by atoms with E-state index in [0.29, 0.717) is 6.42 Å². The standard InChI is InChI=1S/C16H24O6/c1-4-6-7-15-13(20)8-11(18)12(19)9-16(22-15)14(5-2)21-10(3)17/h1,6-7,11-16,18-20H,5,8-9H2,2-3H3/b7-6+. The molecule has 0 radical (unpaired) electrons. The third kappa shape index (κ3) is 5.43. The molecule has 0 aromatic rings. The molecule has 1 heterocycles. The number of allylic oxidation sites excluding steroid dienone is 1. The third-order valence-corrected chi connectivity index (χ3v) is 3.63. The molecule has 3 N–H and O–H groups in total. The number of terminal acetylenes is 1. The summed E-state index contributed by atoms with van der Waals surface area (Å²) in [5, 5.41) is 30.0. The van der Waals surface area contributed by atoms with Crippen LogP contribution in [0.25, 0.3) is 0 Å². The average Bonchev–Trinajstić information content (AvgIpc) is 2.46. The van der Waals surface area contributed by atoms with E-state index in [1.54, 1.807) is 0 Å². The van der Waals surface area contributed by atoms with E-state index in [1.807, 2.05) is 6.92 Å². The van der Waals surface area contributed by atoms with Gasteiger partial charge in [-0.3, -0.25) is 4.79 Å². The summed E-state index contributed by atoms with van der Waals surface area (Å²) in [7, 11) is 0. The van der Waals surface area contributed by atoms with Crippen LogP contribution in [0.15, 0.2) is 12.2 Å². The smallest absolute Gasteiger partial charge is 0.302 e. The van der Waals surface area contributed by atoms with Gasteiger partial charge in [0.2, 0.25) is 0 Å². The second-order valence-electron chi connectivity index (χ2n) is 5.39. The van der Waals surface area contributed by atoms with Crippen molar-refractivity contribution >= 4 is 5.97 Å². The van der Waals surface area contributed by atoms with Gasteiger partial charge < -0.3 is 24.8 Å². The normalized spacial score (nSPS) is 34.5. The van der Waals surface area contributed by atoms with E-state index in [9.17, 15) is 20.1 Å². The predicted molar refractivity (Wildman–Crippen MR) is 79.7 cm³/mol. The molecule has 124 valence electrons. The highest BCUT2D eigenvalue weighted by atomic mass is 16.6. The number of carbonyl (C=O) groups excluding carboxylic acids is 1. The molecule has 6 heteroatoms. The van der Waals surface area contributed by atoms with Crippen LogP contribution < -0.4 is 0 Å². The van der Waals surface area contributed by atoms with Crippen LogP contribution in [0, 0.1) is 12.3 Å². The van der Waals surface area contributed by atoms with Gasteiger partial charge in [-0.15, -0.1) is 6.42 Å². The lowest BCUT2D eigenvalue weighted by Crippen LogP contribution is -2.47. The molecule has 1 aliphatic rings. The van der Waals surface area contributed by atoms with Crippen LogP contribution in [0.3, 0.4) is 0 Å². The van der Waals surface area contributed by atoms with E-state index in [1.165, 1.54) is 19.1 Å². The molecule has 1 fully saturated rings. The number of hydrogen-bond donors (Lipinski definition) is 3. The second-order valence-corrected chi connectivity index (χ2v) is 5.39. The highest BCUT2D eigenvalue weighted by Gasteiger charge is 2.36. The number of ether oxygens (including phenoxy) is 2. The Morgan fingerprint density at radius 3 is 2.55 bits per heavy atom. The largest absolute Gasteiger partial charge is 0.460 e. The lowest BCUT2D eigenvalue weighted by molar-refractivity contribution is -0.174. The van der Waals surface area contributed by atoms with E-state index in [-0.39, 0.29) is 12.8 Å². The number of carbonyl (C=O) groups is 1. The molecular weight excluding hydrogens is 288 g/mol. The number of esters is 1. The molecule has 6 atom stereocenters. The summed E-state index contributed by atoms with van der Waals surface area (Å²) in [5.74, 6) is 1.86. The predicted octanol–water partition coefficient (Wildman–Crippen LogP) is 0.148. The maximum absolute atomic E-state index is 11.2. The molecule has 22 heavy (non-hydrogen) atoms. The van der Waals surface area contributed by atoms with Gasteiger partial charge in [-0.2, -0.15) is 0 Å². The molecule has 0 amide bonds. The summed E-state index contributed by atoms with van der Waals surface area (Å²) in [5.41, 5.74) is 0. The molecule has 0 aliphatic carbocycles. The van der Waals surface area contributed by atoms with Crippen molar-refractivity contribution in [3.63, 3.8) is 0 Å². The van der Waals surface area contributed by atoms with Crippen LogP contribution in [0.2, 0.25) is 0 Å². The molecule has 6 unspecified atom stereocenters. The zero-order valence-electron chi connectivity index (χ0n) is 12.9. The molecule has 1 aliphatic heterocycles. The summed E-state index contributed by atoms with van der Waals surface area (Å²) in [6.07, 6.45) is 3.49. The maximum atomic E-state index is 11.2. The molecule has 0 saturated carbocycles. The van der Waals surface area contributed by atoms with Gasteiger partial charge in [-0.25, -0.2) is 0 Å². The van der Waals surface area contributed by atoms with E-state index in [0.717, 1.165) is 0 Å². The molecule has 1 rings (SSSR count). The first-order chi connectivity index (χ1) is 10.4.